The van der Waals surface area contributed by atoms with Crippen molar-refractivity contribution >= 4 is 102 Å². The van der Waals surface area contributed by atoms with E-state index in [1.54, 1.807) is 49.0 Å². The van der Waals surface area contributed by atoms with Gasteiger partial charge in [-0.05, 0) is 60.3 Å². The standard InChI is InChI=1S/C18H14N4.C17H12N4.C16H11N5.C15H10N4S.4Ir/c1-14-7-5-6-10-16(14)22-13-21(15-8-3-2-4-9-15)17-11-19-12-20-18(17)22;1-3-7-14(8-4-1)20-13-21(15-9-5-2-6-10-15)17-16(20)11-18-12-19-17;1-2-6-13(7-3-1)20-12-21(15-8-4-5-9-18-15)16-14(20)10-17-11-19-16;1-2-5-12(6-3-1)18-11-19(14-7-4-8-20-14)13-9-16-10-17-15(13)18;;;;/h2-8,10-13H,1H3;1-7,9-13H;1-6,8-12H;1-5,7-11H;;;;/q4*-2;;;;. The number of pyridine rings is 1. The van der Waals surface area contributed by atoms with E-state index in [1.165, 1.54) is 5.56 Å². The molecule has 17 nitrogen and oxygen atoms in total. The van der Waals surface area contributed by atoms with Crippen LogP contribution in [0.5, 0.6) is 0 Å². The minimum absolute atomic E-state index is 0. The first kappa shape index (κ1) is 64.0. The van der Waals surface area contributed by atoms with Crippen molar-refractivity contribution in [3.8, 4) is 0 Å². The van der Waals surface area contributed by atoms with Crippen molar-refractivity contribution in [3.63, 3.8) is 0 Å². The number of aryl methyl sites for hydroxylation is 1. The van der Waals surface area contributed by atoms with E-state index in [2.05, 4.69) is 131 Å². The zero-order valence-corrected chi connectivity index (χ0v) is 56.6. The zero-order chi connectivity index (χ0) is 56.4. The van der Waals surface area contributed by atoms with E-state index in [9.17, 15) is 0 Å². The van der Waals surface area contributed by atoms with Crippen LogP contribution in [0.15, 0.2) is 244 Å². The van der Waals surface area contributed by atoms with Gasteiger partial charge in [-0.25, -0.2) is 44.9 Å². The molecule has 0 aliphatic carbocycles. The maximum Gasteiger partial charge on any atom is 0.130 e. The third-order valence-corrected chi connectivity index (χ3v) is 14.3. The topological polar surface area (TPSA) is 142 Å². The molecule has 446 valence electrons. The van der Waals surface area contributed by atoms with Gasteiger partial charge in [0.05, 0.1) is 52.5 Å². The van der Waals surface area contributed by atoms with E-state index in [-0.39, 0.29) is 80.4 Å². The first-order chi connectivity index (χ1) is 41.6. The Morgan fingerprint density at radius 2 is 0.750 bits per heavy atom. The summed E-state index contributed by atoms with van der Waals surface area (Å²) >= 11 is 1.68. The molecular formula is C66H47Ir4N17S-8. The van der Waals surface area contributed by atoms with Gasteiger partial charge in [-0.1, -0.05) is 42.5 Å². The quantitative estimate of drug-likeness (QED) is 0.133. The number of rotatable bonds is 8. The Kier molecular flexibility index (Phi) is 22.1. The summed E-state index contributed by atoms with van der Waals surface area (Å²) in [5.74, 6) is 4.24. The number of aromatic nitrogens is 9. The monoisotopic (exact) mass is 1880 g/mol. The second-order valence-electron chi connectivity index (χ2n) is 18.6. The summed E-state index contributed by atoms with van der Waals surface area (Å²) in [6, 6.07) is 72.7. The van der Waals surface area contributed by atoms with E-state index < -0.39 is 0 Å². The number of hydrogen-bond acceptors (Lipinski definition) is 18. The third-order valence-electron chi connectivity index (χ3n) is 13.4. The smallest absolute Gasteiger partial charge is 0.130 e. The van der Waals surface area contributed by atoms with Gasteiger partial charge in [-0.2, -0.15) is 121 Å². The summed E-state index contributed by atoms with van der Waals surface area (Å²) < 4.78 is 0. The molecule has 4 aliphatic rings. The third kappa shape index (κ3) is 13.8. The fourth-order valence-corrected chi connectivity index (χ4v) is 10.2. The zero-order valence-electron chi connectivity index (χ0n) is 46.2. The maximum atomic E-state index is 4.46. The van der Waals surface area contributed by atoms with Crippen LogP contribution < -0.4 is 39.2 Å². The minimum atomic E-state index is 0. The molecule has 0 saturated carbocycles. The van der Waals surface area contributed by atoms with Gasteiger partial charge in [-0.3, -0.25) is 0 Å². The molecule has 0 unspecified atom stereocenters. The van der Waals surface area contributed by atoms with Crippen molar-refractivity contribution in [1.82, 2.24) is 44.9 Å². The van der Waals surface area contributed by atoms with Crippen LogP contribution in [-0.2, 0) is 80.4 Å². The van der Waals surface area contributed by atoms with Gasteiger partial charge in [0.2, 0.25) is 0 Å². The van der Waals surface area contributed by atoms with Crippen LogP contribution in [0, 0.1) is 57.9 Å². The molecule has 0 amide bonds. The van der Waals surface area contributed by atoms with Gasteiger partial charge in [0, 0.05) is 98.0 Å². The van der Waals surface area contributed by atoms with Crippen LogP contribution in [-0.4, -0.2) is 44.9 Å². The molecule has 0 bridgehead atoms. The predicted molar refractivity (Wildman–Crippen MR) is 330 cm³/mol. The second-order valence-corrected chi connectivity index (χ2v) is 19.5. The van der Waals surface area contributed by atoms with Gasteiger partial charge in [-0.15, -0.1) is 60.8 Å². The minimum Gasteiger partial charge on any atom is -0.491 e. The number of para-hydroxylation sites is 6. The Morgan fingerprint density at radius 1 is 0.341 bits per heavy atom. The molecule has 6 aromatic carbocycles. The SMILES string of the molecule is Cc1ccccc1N1[CH-]N(c2[c-]cccc2)c2cncnc21.[Ir].[Ir].[Ir].[Ir].[c-]1ccccc1N1[CH-]N(c2ccccc2)c2ncncc21.[c-]1ccccc1N1[CH-]N(c2ccccn2)c2ncncc21.[c-]1ccccc1N1[CH-]N(c2cccs2)c2cncnc21. The summed E-state index contributed by atoms with van der Waals surface area (Å²) in [7, 11) is 0. The molecular weight excluding hydrogens is 1830 g/mol. The largest absolute Gasteiger partial charge is 0.491 e. The molecule has 12 aromatic rings. The van der Waals surface area contributed by atoms with E-state index in [0.717, 1.165) is 91.0 Å². The number of thiophene rings is 1. The van der Waals surface area contributed by atoms with Crippen molar-refractivity contribution in [2.24, 2.45) is 0 Å². The van der Waals surface area contributed by atoms with Gasteiger partial charge < -0.3 is 39.2 Å². The number of fused-ring (bicyclic) bond motifs is 4. The summed E-state index contributed by atoms with van der Waals surface area (Å²) in [5, 5.41) is 3.20. The number of anilines is 16. The molecule has 4 radical (unpaired) electrons. The molecule has 4 aliphatic heterocycles. The molecule has 16 rings (SSSR count). The Hall–Kier alpha value is -8.51. The Morgan fingerprint density at radius 3 is 1.22 bits per heavy atom. The van der Waals surface area contributed by atoms with Crippen molar-refractivity contribution < 1.29 is 80.4 Å². The Labute approximate surface area is 568 Å². The number of benzene rings is 6. The number of nitrogens with zero attached hydrogens (tertiary/aromatic N) is 17. The van der Waals surface area contributed by atoms with Crippen molar-refractivity contribution in [2.75, 3.05) is 39.2 Å². The Balaban J connectivity index is 0.000000138. The van der Waals surface area contributed by atoms with Crippen LogP contribution in [0.1, 0.15) is 5.56 Å². The first-order valence-electron chi connectivity index (χ1n) is 26.5. The summed E-state index contributed by atoms with van der Waals surface area (Å²) in [6.07, 6.45) is 15.3. The molecule has 88 heavy (non-hydrogen) atoms. The van der Waals surface area contributed by atoms with Crippen LogP contribution in [0.2, 0.25) is 0 Å². The van der Waals surface area contributed by atoms with E-state index in [0.29, 0.717) is 0 Å². The summed E-state index contributed by atoms with van der Waals surface area (Å²) in [4.78, 5) is 54.9. The van der Waals surface area contributed by atoms with Crippen LogP contribution in [0.3, 0.4) is 0 Å². The molecule has 10 heterocycles. The maximum absolute atomic E-state index is 4.46. The fraction of sp³-hybridized carbons (Fsp3) is 0.0152. The Bertz CT molecular complexity index is 3830. The average Bonchev–Trinajstić information content (AvgIpc) is 2.57. The first-order valence-corrected chi connectivity index (χ1v) is 27.4. The molecule has 22 heteroatoms. The van der Waals surface area contributed by atoms with Crippen LogP contribution >= 0.6 is 11.3 Å². The second kappa shape index (κ2) is 30.4. The molecule has 0 spiro atoms. The van der Waals surface area contributed by atoms with Gasteiger partial charge in [0.15, 0.2) is 0 Å². The normalized spacial score (nSPS) is 12.8. The molecule has 0 saturated heterocycles. The average molecular weight is 1880 g/mol. The van der Waals surface area contributed by atoms with Gasteiger partial charge in [0.1, 0.15) is 54.4 Å². The van der Waals surface area contributed by atoms with E-state index in [4.69, 9.17) is 0 Å². The van der Waals surface area contributed by atoms with Crippen LogP contribution in [0.25, 0.3) is 0 Å². The van der Waals surface area contributed by atoms with Gasteiger partial charge in [0.25, 0.3) is 0 Å². The molecule has 6 aromatic heterocycles. The predicted octanol–water partition coefficient (Wildman–Crippen LogP) is 14.5. The van der Waals surface area contributed by atoms with E-state index in [1.807, 2.05) is 217 Å². The van der Waals surface area contributed by atoms with Crippen molar-refractivity contribution in [1.29, 1.82) is 0 Å². The van der Waals surface area contributed by atoms with E-state index >= 15 is 0 Å². The fourth-order valence-electron chi connectivity index (χ4n) is 9.54. The van der Waals surface area contributed by atoms with Crippen LogP contribution in [0.4, 0.5) is 91.0 Å². The number of hydrogen-bond donors (Lipinski definition) is 0. The summed E-state index contributed by atoms with van der Waals surface area (Å²) in [6.45, 7) is 10.1. The van der Waals surface area contributed by atoms with Gasteiger partial charge >= 0.3 is 0 Å². The molecule has 0 atom stereocenters. The molecule has 0 fully saturated rings. The summed E-state index contributed by atoms with van der Waals surface area (Å²) in [5.41, 5.74) is 11.0. The van der Waals surface area contributed by atoms with Crippen molar-refractivity contribution in [2.45, 2.75) is 6.92 Å². The van der Waals surface area contributed by atoms with Crippen molar-refractivity contribution in [3.05, 3.63) is 300 Å². The molecule has 0 N–H and O–H groups in total.